The van der Waals surface area contributed by atoms with Crippen molar-refractivity contribution in [3.63, 3.8) is 0 Å². The number of aryl methyl sites for hydroxylation is 1. The van der Waals surface area contributed by atoms with Gasteiger partial charge in [-0.25, -0.2) is 14.6 Å². The van der Waals surface area contributed by atoms with Crippen molar-refractivity contribution in [1.82, 2.24) is 10.3 Å². The summed E-state index contributed by atoms with van der Waals surface area (Å²) in [6.45, 7) is 5.64. The van der Waals surface area contributed by atoms with Crippen LogP contribution in [-0.2, 0) is 14.3 Å². The minimum absolute atomic E-state index is 0.157. The molecular weight excluding hydrogens is 336 g/mol. The molecule has 7 heteroatoms. The van der Waals surface area contributed by atoms with Gasteiger partial charge in [0.1, 0.15) is 11.2 Å². The number of ether oxygens (including phenoxy) is 2. The van der Waals surface area contributed by atoms with Gasteiger partial charge in [0.25, 0.3) is 5.91 Å². The Morgan fingerprint density at radius 1 is 1.08 bits per heavy atom. The number of pyridine rings is 1. The first kappa shape index (κ1) is 19.9. The number of nitrogens with one attached hydrogen (secondary N) is 1. The van der Waals surface area contributed by atoms with Gasteiger partial charge in [0.2, 0.25) is 0 Å². The first-order chi connectivity index (χ1) is 12.4. The summed E-state index contributed by atoms with van der Waals surface area (Å²) in [5.74, 6) is -1.31. The summed E-state index contributed by atoms with van der Waals surface area (Å²) in [6.07, 6.45) is 3.85. The highest BCUT2D eigenvalue weighted by molar-refractivity contribution is 5.98. The fraction of sp³-hybridized carbons (Fsp3) is 0.579. The van der Waals surface area contributed by atoms with Gasteiger partial charge < -0.3 is 14.8 Å². The van der Waals surface area contributed by atoms with Crippen LogP contribution in [0, 0.1) is 6.92 Å². The second kappa shape index (κ2) is 8.78. The van der Waals surface area contributed by atoms with E-state index in [1.54, 1.807) is 20.8 Å². The fourth-order valence-corrected chi connectivity index (χ4v) is 3.20. The van der Waals surface area contributed by atoms with Gasteiger partial charge in [-0.2, -0.15) is 0 Å². The van der Waals surface area contributed by atoms with E-state index in [0.717, 1.165) is 19.3 Å². The van der Waals surface area contributed by atoms with E-state index in [-0.39, 0.29) is 18.9 Å². The van der Waals surface area contributed by atoms with Crippen LogP contribution in [0.2, 0.25) is 0 Å². The molecule has 1 amide bonds. The van der Waals surface area contributed by atoms with Crippen molar-refractivity contribution in [2.24, 2.45) is 0 Å². The van der Waals surface area contributed by atoms with E-state index >= 15 is 0 Å². The zero-order valence-electron chi connectivity index (χ0n) is 15.6. The maximum atomic E-state index is 12.7. The first-order valence-electron chi connectivity index (χ1n) is 9.08. The van der Waals surface area contributed by atoms with Crippen LogP contribution in [0.5, 0.6) is 0 Å². The number of nitrogens with zero attached hydrogens (tertiary/aromatic N) is 1. The van der Waals surface area contributed by atoms with E-state index < -0.39 is 23.4 Å². The Bertz CT molecular complexity index is 681. The van der Waals surface area contributed by atoms with Crippen LogP contribution in [0.4, 0.5) is 0 Å². The van der Waals surface area contributed by atoms with Crippen LogP contribution in [0.1, 0.15) is 72.5 Å². The molecule has 1 heterocycles. The Labute approximate surface area is 153 Å². The number of carbonyl (C=O) groups excluding carboxylic acids is 3. The minimum Gasteiger partial charge on any atom is -0.464 e. The van der Waals surface area contributed by atoms with E-state index in [1.807, 2.05) is 0 Å². The Morgan fingerprint density at radius 3 is 2.31 bits per heavy atom. The Morgan fingerprint density at radius 2 is 1.73 bits per heavy atom. The maximum Gasteiger partial charge on any atom is 0.339 e. The molecule has 7 nitrogen and oxygen atoms in total. The van der Waals surface area contributed by atoms with Crippen LogP contribution < -0.4 is 5.32 Å². The highest BCUT2D eigenvalue weighted by Gasteiger charge is 2.42. The van der Waals surface area contributed by atoms with Crippen molar-refractivity contribution >= 4 is 17.8 Å². The Kier molecular flexibility index (Phi) is 6.71. The van der Waals surface area contributed by atoms with E-state index in [0.29, 0.717) is 24.1 Å². The molecule has 0 unspecified atom stereocenters. The molecule has 1 aliphatic carbocycles. The molecular formula is C19H26N2O5. The van der Waals surface area contributed by atoms with E-state index in [1.165, 1.54) is 12.1 Å². The average Bonchev–Trinajstić information content (AvgIpc) is 2.62. The fourth-order valence-electron chi connectivity index (χ4n) is 3.20. The minimum atomic E-state index is -0.999. The summed E-state index contributed by atoms with van der Waals surface area (Å²) in [5, 5.41) is 2.84. The number of amides is 1. The summed E-state index contributed by atoms with van der Waals surface area (Å²) in [5.41, 5.74) is -0.114. The summed E-state index contributed by atoms with van der Waals surface area (Å²) >= 11 is 0. The largest absolute Gasteiger partial charge is 0.464 e. The predicted molar refractivity (Wildman–Crippen MR) is 94.8 cm³/mol. The predicted octanol–water partition coefficient (Wildman–Crippen LogP) is 2.56. The molecule has 142 valence electrons. The average molecular weight is 362 g/mol. The Hall–Kier alpha value is -2.44. The van der Waals surface area contributed by atoms with Crippen LogP contribution in [-0.4, -0.2) is 41.6 Å². The zero-order valence-corrected chi connectivity index (χ0v) is 15.6. The van der Waals surface area contributed by atoms with Gasteiger partial charge in [0, 0.05) is 0 Å². The van der Waals surface area contributed by atoms with E-state index in [2.05, 4.69) is 10.3 Å². The van der Waals surface area contributed by atoms with Crippen molar-refractivity contribution in [1.29, 1.82) is 0 Å². The summed E-state index contributed by atoms with van der Waals surface area (Å²) in [7, 11) is 0. The maximum absolute atomic E-state index is 12.7. The van der Waals surface area contributed by atoms with Gasteiger partial charge in [-0.15, -0.1) is 0 Å². The van der Waals surface area contributed by atoms with Crippen molar-refractivity contribution in [3.8, 4) is 0 Å². The summed E-state index contributed by atoms with van der Waals surface area (Å²) in [6, 6.07) is 2.99. The normalized spacial score (nSPS) is 15.8. The summed E-state index contributed by atoms with van der Waals surface area (Å²) in [4.78, 5) is 41.2. The number of hydrogen-bond acceptors (Lipinski definition) is 6. The first-order valence-corrected chi connectivity index (χ1v) is 9.08. The smallest absolute Gasteiger partial charge is 0.339 e. The third kappa shape index (κ3) is 4.39. The zero-order chi connectivity index (χ0) is 19.2. The van der Waals surface area contributed by atoms with Crippen molar-refractivity contribution in [2.75, 3.05) is 13.2 Å². The SMILES string of the molecule is CCOC(=O)c1ccc(C(=O)NC2(C(=O)OCC)CCCCC2)nc1C. The lowest BCUT2D eigenvalue weighted by Gasteiger charge is -2.35. The molecule has 0 bridgehead atoms. The molecule has 1 aliphatic rings. The van der Waals surface area contributed by atoms with Crippen LogP contribution >= 0.6 is 0 Å². The quantitative estimate of drug-likeness (QED) is 0.782. The van der Waals surface area contributed by atoms with E-state index in [9.17, 15) is 14.4 Å². The molecule has 2 rings (SSSR count). The van der Waals surface area contributed by atoms with Gasteiger partial charge >= 0.3 is 11.9 Å². The summed E-state index contributed by atoms with van der Waals surface area (Å²) < 4.78 is 10.2. The van der Waals surface area contributed by atoms with Crippen molar-refractivity contribution < 1.29 is 23.9 Å². The van der Waals surface area contributed by atoms with Gasteiger partial charge in [-0.05, 0) is 45.7 Å². The molecule has 1 fully saturated rings. The molecule has 0 spiro atoms. The lowest BCUT2D eigenvalue weighted by molar-refractivity contribution is -0.152. The number of rotatable bonds is 6. The number of carbonyl (C=O) groups is 3. The molecule has 0 atom stereocenters. The highest BCUT2D eigenvalue weighted by Crippen LogP contribution is 2.30. The number of esters is 2. The monoisotopic (exact) mass is 362 g/mol. The van der Waals surface area contributed by atoms with Crippen LogP contribution in [0.25, 0.3) is 0 Å². The molecule has 0 aromatic carbocycles. The van der Waals surface area contributed by atoms with Gasteiger partial charge in [-0.1, -0.05) is 19.3 Å². The van der Waals surface area contributed by atoms with Crippen LogP contribution in [0.3, 0.4) is 0 Å². The lowest BCUT2D eigenvalue weighted by atomic mass is 9.81. The molecule has 1 aromatic rings. The molecule has 1 N–H and O–H groups in total. The third-order valence-corrected chi connectivity index (χ3v) is 4.54. The van der Waals surface area contributed by atoms with Crippen molar-refractivity contribution in [2.45, 2.75) is 58.4 Å². The molecule has 1 saturated carbocycles. The molecule has 1 aromatic heterocycles. The second-order valence-corrected chi connectivity index (χ2v) is 6.37. The molecule has 0 saturated heterocycles. The number of hydrogen-bond donors (Lipinski definition) is 1. The molecule has 0 aliphatic heterocycles. The third-order valence-electron chi connectivity index (χ3n) is 4.54. The van der Waals surface area contributed by atoms with Crippen LogP contribution in [0.15, 0.2) is 12.1 Å². The molecule has 0 radical (unpaired) electrons. The van der Waals surface area contributed by atoms with Gasteiger partial charge in [0.05, 0.1) is 24.5 Å². The van der Waals surface area contributed by atoms with Crippen molar-refractivity contribution in [3.05, 3.63) is 29.1 Å². The second-order valence-electron chi connectivity index (χ2n) is 6.37. The van der Waals surface area contributed by atoms with E-state index in [4.69, 9.17) is 9.47 Å². The topological polar surface area (TPSA) is 94.6 Å². The van der Waals surface area contributed by atoms with Gasteiger partial charge in [0.15, 0.2) is 0 Å². The van der Waals surface area contributed by atoms with Gasteiger partial charge in [-0.3, -0.25) is 4.79 Å². The highest BCUT2D eigenvalue weighted by atomic mass is 16.5. The lowest BCUT2D eigenvalue weighted by Crippen LogP contribution is -2.56. The molecule has 26 heavy (non-hydrogen) atoms. The Balaban J connectivity index is 2.20. The number of aromatic nitrogens is 1. The standard InChI is InChI=1S/C19H26N2O5/c1-4-25-17(23)14-9-10-15(20-13(14)3)16(22)21-19(18(24)26-5-2)11-7-6-8-12-19/h9-10H,4-8,11-12H2,1-3H3,(H,21,22).